The maximum atomic E-state index is 12.6. The van der Waals surface area contributed by atoms with E-state index >= 15 is 0 Å². The minimum atomic E-state index is -0.315. The van der Waals surface area contributed by atoms with E-state index < -0.39 is 0 Å². The maximum absolute atomic E-state index is 12.6. The largest absolute Gasteiger partial charge is 0.422 e. The van der Waals surface area contributed by atoms with Crippen LogP contribution in [0.4, 0.5) is 0 Å². The van der Waals surface area contributed by atoms with Crippen molar-refractivity contribution in [2.45, 2.75) is 27.7 Å². The van der Waals surface area contributed by atoms with Crippen LogP contribution in [0, 0.1) is 27.7 Å². The number of aromatic nitrogens is 1. The number of hydrogen-bond donors (Lipinski definition) is 0. The molecule has 0 radical (unpaired) electrons. The van der Waals surface area contributed by atoms with E-state index in [1.807, 2.05) is 30.4 Å². The van der Waals surface area contributed by atoms with Gasteiger partial charge in [-0.2, -0.15) is 0 Å². The lowest BCUT2D eigenvalue weighted by molar-refractivity contribution is -0.130. The van der Waals surface area contributed by atoms with Crippen molar-refractivity contribution in [3.05, 3.63) is 112 Å². The summed E-state index contributed by atoms with van der Waals surface area (Å²) in [6.07, 6.45) is 3.77. The highest BCUT2D eigenvalue weighted by atomic mass is 16.5. The van der Waals surface area contributed by atoms with Crippen LogP contribution in [0.2, 0.25) is 0 Å². The van der Waals surface area contributed by atoms with Crippen LogP contribution in [-0.4, -0.2) is 10.5 Å². The smallest absolute Gasteiger partial charge is 0.343 e. The van der Waals surface area contributed by atoms with Crippen molar-refractivity contribution >= 4 is 28.6 Å². The van der Waals surface area contributed by atoms with Crippen molar-refractivity contribution in [3.63, 3.8) is 0 Å². The number of esters is 1. The predicted octanol–water partition coefficient (Wildman–Crippen LogP) is 6.85. The lowest BCUT2D eigenvalue weighted by Gasteiger charge is -2.12. The minimum absolute atomic E-state index is 0.315. The number of carbonyl (C=O) groups is 1. The van der Waals surface area contributed by atoms with Crippen LogP contribution in [0.15, 0.2) is 78.4 Å². The van der Waals surface area contributed by atoms with Crippen LogP contribution < -0.4 is 0 Å². The van der Waals surface area contributed by atoms with E-state index in [1.54, 1.807) is 0 Å². The van der Waals surface area contributed by atoms with E-state index in [4.69, 9.17) is 4.74 Å². The van der Waals surface area contributed by atoms with Gasteiger partial charge in [-0.3, -0.25) is 0 Å². The van der Waals surface area contributed by atoms with Crippen LogP contribution in [0.25, 0.3) is 28.3 Å². The van der Waals surface area contributed by atoms with E-state index in [9.17, 15) is 4.79 Å². The molecular weight excluding hydrogens is 394 g/mol. The Morgan fingerprint density at radius 2 is 1.59 bits per heavy atom. The normalized spacial score (nSPS) is 14.8. The summed E-state index contributed by atoms with van der Waals surface area (Å²) >= 11 is 0. The molecule has 0 N–H and O–H groups in total. The summed E-state index contributed by atoms with van der Waals surface area (Å²) in [6, 6.07) is 22.9. The number of benzene rings is 3. The second-order valence-corrected chi connectivity index (χ2v) is 8.51. The number of fused-ring (bicyclic) bond motifs is 1. The molecule has 0 spiro atoms. The van der Waals surface area contributed by atoms with Crippen LogP contribution in [-0.2, 0) is 9.53 Å². The molecule has 5 rings (SSSR count). The first-order chi connectivity index (χ1) is 15.4. The average molecular weight is 420 g/mol. The zero-order valence-corrected chi connectivity index (χ0v) is 18.8. The van der Waals surface area contributed by atoms with Gasteiger partial charge in [0.15, 0.2) is 0 Å². The molecule has 3 nitrogen and oxygen atoms in total. The SMILES string of the molecule is Cc1ccc2cc(C3=C/C(=C/c4cc(C)n(-c5ccccc5C)c4C)C(=O)O3)ccc2c1. The number of cyclic esters (lactones) is 1. The highest BCUT2D eigenvalue weighted by molar-refractivity contribution is 6.05. The molecule has 0 saturated carbocycles. The molecule has 0 bridgehead atoms. The Morgan fingerprint density at radius 1 is 0.844 bits per heavy atom. The van der Waals surface area contributed by atoms with Gasteiger partial charge in [0.25, 0.3) is 0 Å². The molecule has 32 heavy (non-hydrogen) atoms. The highest BCUT2D eigenvalue weighted by Gasteiger charge is 2.23. The summed E-state index contributed by atoms with van der Waals surface area (Å²) in [5.74, 6) is 0.279. The van der Waals surface area contributed by atoms with Gasteiger partial charge in [0.1, 0.15) is 5.76 Å². The third-order valence-corrected chi connectivity index (χ3v) is 6.14. The standard InChI is InChI=1S/C29H25NO2/c1-18-9-10-23-15-24(12-11-22(23)13-18)28-17-26(29(31)32-28)16-25-14-20(3)30(21(25)4)27-8-6-5-7-19(27)2/h5-17H,1-4H3/b26-16-. The second kappa shape index (κ2) is 7.69. The van der Waals surface area contributed by atoms with E-state index in [1.165, 1.54) is 16.5 Å². The summed E-state index contributed by atoms with van der Waals surface area (Å²) in [4.78, 5) is 12.6. The third kappa shape index (κ3) is 3.46. The van der Waals surface area contributed by atoms with Gasteiger partial charge < -0.3 is 9.30 Å². The third-order valence-electron chi connectivity index (χ3n) is 6.14. The molecule has 0 saturated heterocycles. The zero-order valence-electron chi connectivity index (χ0n) is 18.8. The molecule has 158 valence electrons. The van der Waals surface area contributed by atoms with Gasteiger partial charge in [-0.1, -0.05) is 54.1 Å². The Hall–Kier alpha value is -3.85. The number of carbonyl (C=O) groups excluding carboxylic acids is 1. The summed E-state index contributed by atoms with van der Waals surface area (Å²) < 4.78 is 7.87. The highest BCUT2D eigenvalue weighted by Crippen LogP contribution is 2.31. The van der Waals surface area contributed by atoms with Crippen LogP contribution in [0.1, 0.15) is 33.6 Å². The summed E-state index contributed by atoms with van der Waals surface area (Å²) in [5, 5.41) is 2.31. The molecule has 1 aliphatic heterocycles. The summed E-state index contributed by atoms with van der Waals surface area (Å²) in [6.45, 7) is 8.37. The topological polar surface area (TPSA) is 31.2 Å². The number of rotatable bonds is 3. The summed E-state index contributed by atoms with van der Waals surface area (Å²) in [7, 11) is 0. The average Bonchev–Trinajstić information content (AvgIpc) is 3.27. The van der Waals surface area contributed by atoms with Crippen molar-refractivity contribution in [3.8, 4) is 5.69 Å². The van der Waals surface area contributed by atoms with Gasteiger partial charge in [0.2, 0.25) is 0 Å². The van der Waals surface area contributed by atoms with Gasteiger partial charge in [0.05, 0.1) is 5.57 Å². The molecule has 0 amide bonds. The van der Waals surface area contributed by atoms with Crippen molar-refractivity contribution in [2.75, 3.05) is 0 Å². The molecular formula is C29H25NO2. The zero-order chi connectivity index (χ0) is 22.4. The fourth-order valence-corrected chi connectivity index (χ4v) is 4.44. The number of nitrogens with zero attached hydrogens (tertiary/aromatic N) is 1. The van der Waals surface area contributed by atoms with Gasteiger partial charge in [-0.25, -0.2) is 4.79 Å². The molecule has 0 aliphatic carbocycles. The molecule has 2 heterocycles. The first-order valence-electron chi connectivity index (χ1n) is 10.8. The monoisotopic (exact) mass is 419 g/mol. The maximum Gasteiger partial charge on any atom is 0.343 e. The van der Waals surface area contributed by atoms with E-state index in [-0.39, 0.29) is 5.97 Å². The Kier molecular flexibility index (Phi) is 4.82. The van der Waals surface area contributed by atoms with Crippen LogP contribution in [0.5, 0.6) is 0 Å². The van der Waals surface area contributed by atoms with Gasteiger partial charge in [0, 0.05) is 22.6 Å². The molecule has 3 heteroatoms. The molecule has 0 atom stereocenters. The quantitative estimate of drug-likeness (QED) is 0.269. The Morgan fingerprint density at radius 3 is 2.41 bits per heavy atom. The summed E-state index contributed by atoms with van der Waals surface area (Å²) in [5.41, 5.74) is 8.31. The van der Waals surface area contributed by atoms with E-state index in [2.05, 4.69) is 80.8 Å². The first kappa shape index (κ1) is 20.1. The van der Waals surface area contributed by atoms with Crippen LogP contribution >= 0.6 is 0 Å². The van der Waals surface area contributed by atoms with E-state index in [0.717, 1.165) is 33.6 Å². The number of ether oxygens (including phenoxy) is 1. The van der Waals surface area contributed by atoms with Gasteiger partial charge in [-0.05, 0) is 79.9 Å². The van der Waals surface area contributed by atoms with Crippen molar-refractivity contribution in [2.24, 2.45) is 0 Å². The first-order valence-corrected chi connectivity index (χ1v) is 10.8. The predicted molar refractivity (Wildman–Crippen MR) is 131 cm³/mol. The second-order valence-electron chi connectivity index (χ2n) is 8.51. The van der Waals surface area contributed by atoms with Crippen molar-refractivity contribution < 1.29 is 9.53 Å². The van der Waals surface area contributed by atoms with Crippen LogP contribution in [0.3, 0.4) is 0 Å². The molecule has 0 unspecified atom stereocenters. The van der Waals surface area contributed by atoms with Crippen molar-refractivity contribution in [1.29, 1.82) is 0 Å². The Bertz CT molecular complexity index is 1450. The molecule has 1 aromatic heterocycles. The van der Waals surface area contributed by atoms with Gasteiger partial charge in [-0.15, -0.1) is 0 Å². The molecule has 4 aromatic rings. The molecule has 0 fully saturated rings. The molecule has 1 aliphatic rings. The fourth-order valence-electron chi connectivity index (χ4n) is 4.44. The minimum Gasteiger partial charge on any atom is -0.422 e. The number of aryl methyl sites for hydroxylation is 3. The van der Waals surface area contributed by atoms with Crippen molar-refractivity contribution in [1.82, 2.24) is 4.57 Å². The van der Waals surface area contributed by atoms with Gasteiger partial charge >= 0.3 is 5.97 Å². The lowest BCUT2D eigenvalue weighted by atomic mass is 10.0. The van der Waals surface area contributed by atoms with E-state index in [0.29, 0.717) is 11.3 Å². The Balaban J connectivity index is 1.53. The number of hydrogen-bond acceptors (Lipinski definition) is 2. The lowest BCUT2D eigenvalue weighted by Crippen LogP contribution is -2.01. The Labute approximate surface area is 188 Å². The fraction of sp³-hybridized carbons (Fsp3) is 0.138. The number of para-hydroxylation sites is 1. The molecule has 3 aromatic carbocycles.